The van der Waals surface area contributed by atoms with Crippen molar-refractivity contribution in [2.24, 2.45) is 5.92 Å². The Hall–Kier alpha value is -0.520. The Bertz CT molecular complexity index is 144. The number of allylic oxidation sites excluding steroid dienone is 3. The molecule has 0 nitrogen and oxygen atoms in total. The second kappa shape index (κ2) is 10.6. The zero-order chi connectivity index (χ0) is 10.6. The van der Waals surface area contributed by atoms with E-state index in [2.05, 4.69) is 32.6 Å². The molecular weight excluding hydrogens is 168 g/mol. The molecule has 0 aliphatic heterocycles. The summed E-state index contributed by atoms with van der Waals surface area (Å²) in [5.41, 5.74) is 0. The van der Waals surface area contributed by atoms with Crippen LogP contribution in [-0.4, -0.2) is 0 Å². The van der Waals surface area contributed by atoms with Crippen LogP contribution in [0.5, 0.6) is 0 Å². The molecule has 0 spiro atoms. The molecule has 0 aromatic heterocycles. The third-order valence-corrected chi connectivity index (χ3v) is 2.50. The summed E-state index contributed by atoms with van der Waals surface area (Å²) in [7, 11) is 0. The van der Waals surface area contributed by atoms with Crippen molar-refractivity contribution in [3.63, 3.8) is 0 Å². The van der Waals surface area contributed by atoms with Gasteiger partial charge in [-0.1, -0.05) is 51.3 Å². The van der Waals surface area contributed by atoms with Crippen molar-refractivity contribution < 1.29 is 0 Å². The maximum atomic E-state index is 3.75. The van der Waals surface area contributed by atoms with Crippen molar-refractivity contribution in [1.82, 2.24) is 0 Å². The molecule has 0 heterocycles. The van der Waals surface area contributed by atoms with E-state index in [0.29, 0.717) is 0 Å². The first-order chi connectivity index (χ1) is 6.81. The van der Waals surface area contributed by atoms with Gasteiger partial charge in [0.2, 0.25) is 0 Å². The lowest BCUT2D eigenvalue weighted by atomic mass is 10.0. The second-order valence-corrected chi connectivity index (χ2v) is 4.19. The zero-order valence-corrected chi connectivity index (χ0v) is 9.97. The Balaban J connectivity index is 3.22. The molecule has 1 unspecified atom stereocenters. The van der Waals surface area contributed by atoms with E-state index < -0.39 is 0 Å². The second-order valence-electron chi connectivity index (χ2n) is 4.19. The molecule has 0 heteroatoms. The van der Waals surface area contributed by atoms with Crippen LogP contribution in [0.4, 0.5) is 0 Å². The smallest absolute Gasteiger partial charge is 0.0322 e. The van der Waals surface area contributed by atoms with Crippen LogP contribution < -0.4 is 0 Å². The highest BCUT2D eigenvalue weighted by atomic mass is 14.0. The van der Waals surface area contributed by atoms with Crippen LogP contribution in [0.25, 0.3) is 0 Å². The Labute approximate surface area is 90.1 Å². The third-order valence-electron chi connectivity index (χ3n) is 2.50. The van der Waals surface area contributed by atoms with Gasteiger partial charge in [0.25, 0.3) is 0 Å². The van der Waals surface area contributed by atoms with Gasteiger partial charge >= 0.3 is 0 Å². The van der Waals surface area contributed by atoms with Gasteiger partial charge in [-0.15, -0.1) is 6.58 Å². The van der Waals surface area contributed by atoms with Crippen LogP contribution in [0.1, 0.15) is 58.8 Å². The quantitative estimate of drug-likeness (QED) is 0.353. The summed E-state index contributed by atoms with van der Waals surface area (Å²) in [6, 6.07) is 0. The lowest BCUT2D eigenvalue weighted by molar-refractivity contribution is 0.601. The molecule has 82 valence electrons. The van der Waals surface area contributed by atoms with Gasteiger partial charge in [-0.05, 0) is 31.6 Å². The molecule has 0 saturated carbocycles. The molecule has 0 aliphatic rings. The van der Waals surface area contributed by atoms with Gasteiger partial charge in [-0.25, -0.2) is 0 Å². The average molecular weight is 194 g/mol. The SMILES string of the molecule is C=CCC(C)CC=CCCCCCC. The molecule has 0 radical (unpaired) electrons. The van der Waals surface area contributed by atoms with Crippen molar-refractivity contribution in [2.45, 2.75) is 58.8 Å². The minimum atomic E-state index is 0.763. The highest BCUT2D eigenvalue weighted by molar-refractivity contribution is 4.84. The topological polar surface area (TPSA) is 0 Å². The van der Waals surface area contributed by atoms with Crippen LogP contribution in [0.3, 0.4) is 0 Å². The maximum Gasteiger partial charge on any atom is -0.0322 e. The summed E-state index contributed by atoms with van der Waals surface area (Å²) in [4.78, 5) is 0. The molecule has 0 aromatic rings. The van der Waals surface area contributed by atoms with Crippen LogP contribution in [-0.2, 0) is 0 Å². The van der Waals surface area contributed by atoms with E-state index in [4.69, 9.17) is 0 Å². The minimum absolute atomic E-state index is 0.763. The monoisotopic (exact) mass is 194 g/mol. The van der Waals surface area contributed by atoms with Crippen molar-refractivity contribution in [3.05, 3.63) is 24.8 Å². The Morgan fingerprint density at radius 2 is 1.86 bits per heavy atom. The van der Waals surface area contributed by atoms with Crippen molar-refractivity contribution in [2.75, 3.05) is 0 Å². The van der Waals surface area contributed by atoms with Crippen LogP contribution >= 0.6 is 0 Å². The van der Waals surface area contributed by atoms with E-state index in [0.717, 1.165) is 12.3 Å². The first-order valence-corrected chi connectivity index (χ1v) is 6.07. The van der Waals surface area contributed by atoms with Gasteiger partial charge in [0, 0.05) is 0 Å². The molecule has 0 saturated heterocycles. The molecule has 14 heavy (non-hydrogen) atoms. The Kier molecular flexibility index (Phi) is 10.2. The highest BCUT2D eigenvalue weighted by Crippen LogP contribution is 2.09. The summed E-state index contributed by atoms with van der Waals surface area (Å²) in [5, 5.41) is 0. The first kappa shape index (κ1) is 13.5. The van der Waals surface area contributed by atoms with Gasteiger partial charge in [-0.2, -0.15) is 0 Å². The van der Waals surface area contributed by atoms with Crippen molar-refractivity contribution >= 4 is 0 Å². The van der Waals surface area contributed by atoms with Gasteiger partial charge in [0.15, 0.2) is 0 Å². The van der Waals surface area contributed by atoms with Crippen LogP contribution in [0.15, 0.2) is 24.8 Å². The fourth-order valence-corrected chi connectivity index (χ4v) is 1.52. The molecule has 0 fully saturated rings. The van der Waals surface area contributed by atoms with Crippen LogP contribution in [0.2, 0.25) is 0 Å². The number of hydrogen-bond acceptors (Lipinski definition) is 0. The lowest BCUT2D eigenvalue weighted by Crippen LogP contribution is -1.88. The molecule has 0 N–H and O–H groups in total. The predicted octanol–water partition coefficient (Wildman–Crippen LogP) is 5.12. The number of rotatable bonds is 9. The molecule has 1 atom stereocenters. The number of hydrogen-bond donors (Lipinski definition) is 0. The predicted molar refractivity (Wildman–Crippen MR) is 66.5 cm³/mol. The first-order valence-electron chi connectivity index (χ1n) is 6.07. The summed E-state index contributed by atoms with van der Waals surface area (Å²) in [5.74, 6) is 0.763. The summed E-state index contributed by atoms with van der Waals surface area (Å²) < 4.78 is 0. The van der Waals surface area contributed by atoms with E-state index in [1.807, 2.05) is 6.08 Å². The summed E-state index contributed by atoms with van der Waals surface area (Å²) in [6.07, 6.45) is 15.8. The Morgan fingerprint density at radius 1 is 1.07 bits per heavy atom. The molecule has 0 amide bonds. The average Bonchev–Trinajstić information content (AvgIpc) is 2.17. The van der Waals surface area contributed by atoms with E-state index >= 15 is 0 Å². The van der Waals surface area contributed by atoms with E-state index in [1.165, 1.54) is 38.5 Å². The van der Waals surface area contributed by atoms with Gasteiger partial charge < -0.3 is 0 Å². The van der Waals surface area contributed by atoms with Crippen molar-refractivity contribution in [3.8, 4) is 0 Å². The van der Waals surface area contributed by atoms with Crippen LogP contribution in [0, 0.1) is 5.92 Å². The normalized spacial score (nSPS) is 13.3. The van der Waals surface area contributed by atoms with E-state index in [9.17, 15) is 0 Å². The minimum Gasteiger partial charge on any atom is -0.103 e. The molecular formula is C14H26. The van der Waals surface area contributed by atoms with Crippen molar-refractivity contribution in [1.29, 1.82) is 0 Å². The van der Waals surface area contributed by atoms with Gasteiger partial charge in [0.1, 0.15) is 0 Å². The largest absolute Gasteiger partial charge is 0.103 e. The maximum absolute atomic E-state index is 3.75. The standard InChI is InChI=1S/C14H26/c1-4-6-7-8-9-10-11-13-14(3)12-5-2/h5,10-11,14H,2,4,6-9,12-13H2,1,3H3. The fraction of sp³-hybridized carbons (Fsp3) is 0.714. The zero-order valence-electron chi connectivity index (χ0n) is 9.97. The molecule has 0 aliphatic carbocycles. The third kappa shape index (κ3) is 9.57. The lowest BCUT2D eigenvalue weighted by Gasteiger charge is -2.03. The molecule has 0 rings (SSSR count). The number of unbranched alkanes of at least 4 members (excludes halogenated alkanes) is 4. The fourth-order valence-electron chi connectivity index (χ4n) is 1.52. The summed E-state index contributed by atoms with van der Waals surface area (Å²) >= 11 is 0. The van der Waals surface area contributed by atoms with E-state index in [1.54, 1.807) is 0 Å². The van der Waals surface area contributed by atoms with Gasteiger partial charge in [0.05, 0.1) is 0 Å². The van der Waals surface area contributed by atoms with E-state index in [-0.39, 0.29) is 0 Å². The Morgan fingerprint density at radius 3 is 2.50 bits per heavy atom. The summed E-state index contributed by atoms with van der Waals surface area (Å²) in [6.45, 7) is 8.29. The van der Waals surface area contributed by atoms with Gasteiger partial charge in [-0.3, -0.25) is 0 Å². The molecule has 0 aromatic carbocycles. The molecule has 0 bridgehead atoms. The highest BCUT2D eigenvalue weighted by Gasteiger charge is 1.94.